The predicted molar refractivity (Wildman–Crippen MR) is 65.4 cm³/mol. The highest BCUT2D eigenvalue weighted by molar-refractivity contribution is 5.75. The van der Waals surface area contributed by atoms with Gasteiger partial charge in [-0.05, 0) is 50.3 Å². The van der Waals surface area contributed by atoms with Crippen LogP contribution in [0.2, 0.25) is 0 Å². The molecule has 0 bridgehead atoms. The van der Waals surface area contributed by atoms with E-state index in [1.165, 1.54) is 5.56 Å². The number of rotatable bonds is 3. The second kappa shape index (κ2) is 4.40. The van der Waals surface area contributed by atoms with E-state index in [4.69, 9.17) is 4.74 Å². The van der Waals surface area contributed by atoms with Crippen molar-refractivity contribution in [1.29, 1.82) is 0 Å². The molecule has 3 heteroatoms. The van der Waals surface area contributed by atoms with E-state index in [9.17, 15) is 9.90 Å². The molecule has 0 aromatic heterocycles. The summed E-state index contributed by atoms with van der Waals surface area (Å²) in [7, 11) is 0. The molecule has 0 fully saturated rings. The van der Waals surface area contributed by atoms with E-state index >= 15 is 0 Å². The maximum absolute atomic E-state index is 11.3. The number of carboxylic acid groups (broad SMARTS) is 1. The lowest BCUT2D eigenvalue weighted by atomic mass is 9.73. The van der Waals surface area contributed by atoms with Gasteiger partial charge in [-0.1, -0.05) is 12.1 Å². The summed E-state index contributed by atoms with van der Waals surface area (Å²) in [6.07, 6.45) is 2.06. The zero-order valence-corrected chi connectivity index (χ0v) is 10.3. The summed E-state index contributed by atoms with van der Waals surface area (Å²) in [6.45, 7) is 4.43. The summed E-state index contributed by atoms with van der Waals surface area (Å²) in [4.78, 5) is 11.3. The SMILES string of the molecule is CCOc1cccc2c1CCC(C)(C(=O)O)C2. The predicted octanol–water partition coefficient (Wildman–Crippen LogP) is 2.66. The number of benzene rings is 1. The average molecular weight is 234 g/mol. The second-order valence-electron chi connectivity index (χ2n) is 4.87. The zero-order valence-electron chi connectivity index (χ0n) is 10.3. The Hall–Kier alpha value is -1.51. The molecule has 1 N–H and O–H groups in total. The standard InChI is InChI=1S/C14H18O3/c1-3-17-12-6-4-5-10-9-14(2,13(15)16)8-7-11(10)12/h4-6H,3,7-9H2,1-2H3,(H,15,16). The molecule has 2 rings (SSSR count). The van der Waals surface area contributed by atoms with E-state index < -0.39 is 11.4 Å². The van der Waals surface area contributed by atoms with Crippen LogP contribution in [0.3, 0.4) is 0 Å². The van der Waals surface area contributed by atoms with Crippen LogP contribution < -0.4 is 4.74 Å². The highest BCUT2D eigenvalue weighted by Gasteiger charge is 2.37. The third-order valence-electron chi connectivity index (χ3n) is 3.55. The van der Waals surface area contributed by atoms with Gasteiger partial charge < -0.3 is 9.84 Å². The van der Waals surface area contributed by atoms with Gasteiger partial charge in [0.15, 0.2) is 0 Å². The van der Waals surface area contributed by atoms with E-state index in [2.05, 4.69) is 0 Å². The zero-order chi connectivity index (χ0) is 12.5. The normalized spacial score (nSPS) is 22.9. The molecule has 92 valence electrons. The van der Waals surface area contributed by atoms with Gasteiger partial charge in [-0.3, -0.25) is 4.79 Å². The minimum Gasteiger partial charge on any atom is -0.494 e. The van der Waals surface area contributed by atoms with Crippen LogP contribution >= 0.6 is 0 Å². The quantitative estimate of drug-likeness (QED) is 0.874. The molecule has 0 aliphatic heterocycles. The molecule has 1 atom stereocenters. The van der Waals surface area contributed by atoms with Crippen LogP contribution in [0.1, 0.15) is 31.4 Å². The molecule has 0 spiro atoms. The van der Waals surface area contributed by atoms with Gasteiger partial charge in [0.25, 0.3) is 0 Å². The number of hydrogen-bond donors (Lipinski definition) is 1. The highest BCUT2D eigenvalue weighted by Crippen LogP contribution is 2.38. The molecule has 0 heterocycles. The molecule has 0 saturated carbocycles. The number of aliphatic carboxylic acids is 1. The van der Waals surface area contributed by atoms with Gasteiger partial charge in [0.2, 0.25) is 0 Å². The van der Waals surface area contributed by atoms with Crippen molar-refractivity contribution in [2.24, 2.45) is 5.41 Å². The van der Waals surface area contributed by atoms with Gasteiger partial charge in [-0.25, -0.2) is 0 Å². The molecule has 1 aromatic carbocycles. The van der Waals surface area contributed by atoms with Gasteiger partial charge in [-0.15, -0.1) is 0 Å². The molecule has 3 nitrogen and oxygen atoms in total. The van der Waals surface area contributed by atoms with Crippen LogP contribution in [0.25, 0.3) is 0 Å². The summed E-state index contributed by atoms with van der Waals surface area (Å²) < 4.78 is 5.59. The lowest BCUT2D eigenvalue weighted by molar-refractivity contribution is -0.148. The number of fused-ring (bicyclic) bond motifs is 1. The Kier molecular flexibility index (Phi) is 3.09. The van der Waals surface area contributed by atoms with E-state index in [1.807, 2.05) is 32.0 Å². The minimum atomic E-state index is -0.704. The van der Waals surface area contributed by atoms with E-state index in [0.717, 1.165) is 17.7 Å². The molecule has 0 saturated heterocycles. The number of carboxylic acids is 1. The average Bonchev–Trinajstić information content (AvgIpc) is 2.29. The summed E-state index contributed by atoms with van der Waals surface area (Å²) >= 11 is 0. The maximum atomic E-state index is 11.3. The first-order chi connectivity index (χ1) is 8.07. The largest absolute Gasteiger partial charge is 0.494 e. The van der Waals surface area contributed by atoms with Crippen molar-refractivity contribution in [2.45, 2.75) is 33.1 Å². The Bertz CT molecular complexity index is 439. The molecule has 0 amide bonds. The number of ether oxygens (including phenoxy) is 1. The van der Waals surface area contributed by atoms with Crippen molar-refractivity contribution < 1.29 is 14.6 Å². The molecule has 1 unspecified atom stereocenters. The van der Waals surface area contributed by atoms with E-state index in [1.54, 1.807) is 0 Å². The van der Waals surface area contributed by atoms with Crippen LogP contribution in [0.4, 0.5) is 0 Å². The maximum Gasteiger partial charge on any atom is 0.309 e. The topological polar surface area (TPSA) is 46.5 Å². The fourth-order valence-corrected chi connectivity index (χ4v) is 2.44. The fraction of sp³-hybridized carbons (Fsp3) is 0.500. The monoisotopic (exact) mass is 234 g/mol. The van der Waals surface area contributed by atoms with Gasteiger partial charge in [0.05, 0.1) is 12.0 Å². The van der Waals surface area contributed by atoms with Gasteiger partial charge in [0, 0.05) is 0 Å². The lowest BCUT2D eigenvalue weighted by Crippen LogP contribution is -2.34. The van der Waals surface area contributed by atoms with Crippen molar-refractivity contribution in [3.8, 4) is 5.75 Å². The molecular weight excluding hydrogens is 216 g/mol. The Balaban J connectivity index is 2.34. The Morgan fingerprint density at radius 1 is 1.53 bits per heavy atom. The van der Waals surface area contributed by atoms with Gasteiger partial charge >= 0.3 is 5.97 Å². The Morgan fingerprint density at radius 2 is 2.29 bits per heavy atom. The van der Waals surface area contributed by atoms with Crippen molar-refractivity contribution in [2.75, 3.05) is 6.61 Å². The Morgan fingerprint density at radius 3 is 2.94 bits per heavy atom. The smallest absolute Gasteiger partial charge is 0.309 e. The highest BCUT2D eigenvalue weighted by atomic mass is 16.5. The van der Waals surface area contributed by atoms with Crippen molar-refractivity contribution in [1.82, 2.24) is 0 Å². The van der Waals surface area contributed by atoms with Crippen LogP contribution in [0, 0.1) is 5.41 Å². The van der Waals surface area contributed by atoms with Crippen LogP contribution in [0.5, 0.6) is 5.75 Å². The molecule has 17 heavy (non-hydrogen) atoms. The molecule has 1 aliphatic carbocycles. The summed E-state index contributed by atoms with van der Waals surface area (Å²) in [5.41, 5.74) is 1.68. The summed E-state index contributed by atoms with van der Waals surface area (Å²) in [5.74, 6) is 0.211. The lowest BCUT2D eigenvalue weighted by Gasteiger charge is -2.31. The summed E-state index contributed by atoms with van der Waals surface area (Å²) in [6, 6.07) is 5.92. The first-order valence-corrected chi connectivity index (χ1v) is 6.04. The van der Waals surface area contributed by atoms with Crippen molar-refractivity contribution >= 4 is 5.97 Å². The Labute approximate surface area is 101 Å². The van der Waals surface area contributed by atoms with Crippen molar-refractivity contribution in [3.05, 3.63) is 29.3 Å². The molecular formula is C14H18O3. The first-order valence-electron chi connectivity index (χ1n) is 6.04. The van der Waals surface area contributed by atoms with Gasteiger partial charge in [0.1, 0.15) is 5.75 Å². The number of carbonyl (C=O) groups is 1. The minimum absolute atomic E-state index is 0.596. The third kappa shape index (κ3) is 2.14. The summed E-state index contributed by atoms with van der Waals surface area (Å²) in [5, 5.41) is 9.26. The van der Waals surface area contributed by atoms with E-state index in [-0.39, 0.29) is 0 Å². The fourth-order valence-electron chi connectivity index (χ4n) is 2.44. The molecule has 0 radical (unpaired) electrons. The molecule has 1 aliphatic rings. The van der Waals surface area contributed by atoms with Gasteiger partial charge in [-0.2, -0.15) is 0 Å². The number of hydrogen-bond acceptors (Lipinski definition) is 2. The van der Waals surface area contributed by atoms with E-state index in [0.29, 0.717) is 19.4 Å². The third-order valence-corrected chi connectivity index (χ3v) is 3.55. The van der Waals surface area contributed by atoms with Crippen LogP contribution in [0.15, 0.2) is 18.2 Å². The van der Waals surface area contributed by atoms with Crippen LogP contribution in [-0.2, 0) is 17.6 Å². The second-order valence-corrected chi connectivity index (χ2v) is 4.87. The first kappa shape index (κ1) is 12.0. The van der Waals surface area contributed by atoms with Crippen molar-refractivity contribution in [3.63, 3.8) is 0 Å². The molecule has 1 aromatic rings. The van der Waals surface area contributed by atoms with Crippen LogP contribution in [-0.4, -0.2) is 17.7 Å².